The number of rotatable bonds is 6. The Kier molecular flexibility index (Phi) is 5.56. The van der Waals surface area contributed by atoms with Gasteiger partial charge in [-0.2, -0.15) is 11.8 Å². The van der Waals surface area contributed by atoms with Crippen LogP contribution in [0.25, 0.3) is 0 Å². The maximum absolute atomic E-state index is 13.1. The first-order chi connectivity index (χ1) is 8.35. The van der Waals surface area contributed by atoms with E-state index in [1.807, 2.05) is 13.2 Å². The van der Waals surface area contributed by atoms with E-state index in [9.17, 15) is 13.9 Å². The van der Waals surface area contributed by atoms with Crippen LogP contribution in [0.1, 0.15) is 25.5 Å². The highest BCUT2D eigenvalue weighted by molar-refractivity contribution is 7.98. The molecule has 2 N–H and O–H groups in total. The lowest BCUT2D eigenvalue weighted by Crippen LogP contribution is -2.40. The zero-order valence-electron chi connectivity index (χ0n) is 10.8. The molecule has 0 aliphatic rings. The molecule has 0 aliphatic heterocycles. The second-order valence-electron chi connectivity index (χ2n) is 4.71. The Morgan fingerprint density at radius 1 is 1.39 bits per heavy atom. The smallest absolute Gasteiger partial charge is 0.159 e. The second kappa shape index (κ2) is 6.50. The number of benzene rings is 1. The van der Waals surface area contributed by atoms with Crippen LogP contribution in [0.2, 0.25) is 0 Å². The summed E-state index contributed by atoms with van der Waals surface area (Å²) in [5.74, 6) is -1.08. The highest BCUT2D eigenvalue weighted by Crippen LogP contribution is 2.17. The van der Waals surface area contributed by atoms with Gasteiger partial charge in [-0.15, -0.1) is 0 Å². The standard InChI is InChI=1S/C13H19F2NOS/c1-9(16-7-13(2,17)8-18-3)10-4-5-11(14)12(15)6-10/h4-6,9,16-17H,7-8H2,1-3H3. The first-order valence-corrected chi connectivity index (χ1v) is 7.15. The van der Waals surface area contributed by atoms with Crippen molar-refractivity contribution in [3.05, 3.63) is 35.4 Å². The lowest BCUT2D eigenvalue weighted by atomic mass is 10.1. The number of thioether (sulfide) groups is 1. The van der Waals surface area contributed by atoms with Crippen LogP contribution in [-0.4, -0.2) is 29.3 Å². The zero-order chi connectivity index (χ0) is 13.8. The van der Waals surface area contributed by atoms with E-state index in [2.05, 4.69) is 5.32 Å². The maximum Gasteiger partial charge on any atom is 0.159 e. The molecule has 0 amide bonds. The van der Waals surface area contributed by atoms with Crippen LogP contribution in [0.3, 0.4) is 0 Å². The summed E-state index contributed by atoms with van der Waals surface area (Å²) in [6, 6.07) is 3.69. The summed E-state index contributed by atoms with van der Waals surface area (Å²) in [5, 5.41) is 13.1. The predicted molar refractivity (Wildman–Crippen MR) is 71.8 cm³/mol. The summed E-state index contributed by atoms with van der Waals surface area (Å²) in [6.07, 6.45) is 1.92. The fourth-order valence-electron chi connectivity index (χ4n) is 1.63. The van der Waals surface area contributed by atoms with Crippen molar-refractivity contribution in [1.29, 1.82) is 0 Å². The van der Waals surface area contributed by atoms with Gasteiger partial charge in [0.15, 0.2) is 11.6 Å². The molecule has 0 aromatic heterocycles. The van der Waals surface area contributed by atoms with Gasteiger partial charge in [0.25, 0.3) is 0 Å². The van der Waals surface area contributed by atoms with Crippen LogP contribution in [0, 0.1) is 11.6 Å². The monoisotopic (exact) mass is 275 g/mol. The van der Waals surface area contributed by atoms with Crippen molar-refractivity contribution in [2.75, 3.05) is 18.6 Å². The first kappa shape index (κ1) is 15.4. The Morgan fingerprint density at radius 2 is 2.06 bits per heavy atom. The van der Waals surface area contributed by atoms with Crippen molar-refractivity contribution in [3.63, 3.8) is 0 Å². The number of halogens is 2. The molecule has 18 heavy (non-hydrogen) atoms. The average molecular weight is 275 g/mol. The molecule has 102 valence electrons. The lowest BCUT2D eigenvalue weighted by Gasteiger charge is -2.25. The third-order valence-electron chi connectivity index (χ3n) is 2.69. The van der Waals surface area contributed by atoms with Gasteiger partial charge in [-0.3, -0.25) is 0 Å². The molecule has 0 aliphatic carbocycles. The van der Waals surface area contributed by atoms with Crippen molar-refractivity contribution in [1.82, 2.24) is 5.32 Å². The summed E-state index contributed by atoms with van der Waals surface area (Å²) >= 11 is 1.56. The molecule has 1 aromatic carbocycles. The molecule has 2 nitrogen and oxygen atoms in total. The molecular weight excluding hydrogens is 256 g/mol. The second-order valence-corrected chi connectivity index (χ2v) is 5.57. The summed E-state index contributed by atoms with van der Waals surface area (Å²) in [5.41, 5.74) is -0.152. The third kappa shape index (κ3) is 4.55. The molecule has 0 saturated heterocycles. The SMILES string of the molecule is CSCC(C)(O)CNC(C)c1ccc(F)c(F)c1. The van der Waals surface area contributed by atoms with Gasteiger partial charge in [0.05, 0.1) is 5.60 Å². The Balaban J connectivity index is 2.60. The van der Waals surface area contributed by atoms with Gasteiger partial charge < -0.3 is 10.4 Å². The molecule has 1 aromatic rings. The number of nitrogens with one attached hydrogen (secondary N) is 1. The van der Waals surface area contributed by atoms with Crippen LogP contribution in [0.5, 0.6) is 0 Å². The Labute approximate surface area is 111 Å². The Bertz CT molecular complexity index is 399. The van der Waals surface area contributed by atoms with E-state index in [1.54, 1.807) is 24.8 Å². The van der Waals surface area contributed by atoms with Crippen molar-refractivity contribution >= 4 is 11.8 Å². The van der Waals surface area contributed by atoms with Gasteiger partial charge in [0.2, 0.25) is 0 Å². The summed E-state index contributed by atoms with van der Waals surface area (Å²) in [6.45, 7) is 3.99. The van der Waals surface area contributed by atoms with Crippen LogP contribution in [0.4, 0.5) is 8.78 Å². The minimum atomic E-state index is -0.850. The molecule has 5 heteroatoms. The lowest BCUT2D eigenvalue weighted by molar-refractivity contribution is 0.0820. The topological polar surface area (TPSA) is 32.3 Å². The molecule has 0 bridgehead atoms. The summed E-state index contributed by atoms with van der Waals surface area (Å²) < 4.78 is 25.9. The highest BCUT2D eigenvalue weighted by atomic mass is 32.2. The normalized spacial score (nSPS) is 16.3. The molecule has 0 saturated carbocycles. The van der Waals surface area contributed by atoms with E-state index < -0.39 is 17.2 Å². The van der Waals surface area contributed by atoms with E-state index >= 15 is 0 Å². The number of hydrogen-bond donors (Lipinski definition) is 2. The molecule has 1 rings (SSSR count). The maximum atomic E-state index is 13.1. The first-order valence-electron chi connectivity index (χ1n) is 5.75. The van der Waals surface area contributed by atoms with E-state index in [1.165, 1.54) is 6.07 Å². The summed E-state index contributed by atoms with van der Waals surface area (Å²) in [7, 11) is 0. The van der Waals surface area contributed by atoms with Gasteiger partial charge in [0, 0.05) is 18.3 Å². The largest absolute Gasteiger partial charge is 0.388 e. The fourth-order valence-corrected chi connectivity index (χ4v) is 2.36. The number of aliphatic hydroxyl groups is 1. The fraction of sp³-hybridized carbons (Fsp3) is 0.538. The van der Waals surface area contributed by atoms with Gasteiger partial charge in [-0.25, -0.2) is 8.78 Å². The Morgan fingerprint density at radius 3 is 2.61 bits per heavy atom. The summed E-state index contributed by atoms with van der Waals surface area (Å²) in [4.78, 5) is 0. The van der Waals surface area contributed by atoms with Gasteiger partial charge in [-0.05, 0) is 37.8 Å². The van der Waals surface area contributed by atoms with Crippen molar-refractivity contribution in [3.8, 4) is 0 Å². The quantitative estimate of drug-likeness (QED) is 0.837. The molecule has 0 heterocycles. The third-order valence-corrected chi connectivity index (χ3v) is 3.60. The van der Waals surface area contributed by atoms with E-state index in [4.69, 9.17) is 0 Å². The van der Waals surface area contributed by atoms with Gasteiger partial charge >= 0.3 is 0 Å². The average Bonchev–Trinajstić information content (AvgIpc) is 2.30. The number of hydrogen-bond acceptors (Lipinski definition) is 3. The van der Waals surface area contributed by atoms with Crippen LogP contribution in [0.15, 0.2) is 18.2 Å². The highest BCUT2D eigenvalue weighted by Gasteiger charge is 2.20. The van der Waals surface area contributed by atoms with E-state index in [0.717, 1.165) is 6.07 Å². The van der Waals surface area contributed by atoms with Crippen molar-refractivity contribution in [2.45, 2.75) is 25.5 Å². The van der Waals surface area contributed by atoms with Crippen LogP contribution < -0.4 is 5.32 Å². The Hall–Kier alpha value is -0.650. The molecule has 2 unspecified atom stereocenters. The van der Waals surface area contributed by atoms with Gasteiger partial charge in [-0.1, -0.05) is 6.07 Å². The minimum Gasteiger partial charge on any atom is -0.388 e. The minimum absolute atomic E-state index is 0.145. The van der Waals surface area contributed by atoms with Crippen molar-refractivity contribution in [2.24, 2.45) is 0 Å². The molecule has 2 atom stereocenters. The predicted octanol–water partition coefficient (Wildman–Crippen LogP) is 2.73. The van der Waals surface area contributed by atoms with E-state index in [-0.39, 0.29) is 6.04 Å². The molecular formula is C13H19F2NOS. The van der Waals surface area contributed by atoms with E-state index in [0.29, 0.717) is 17.9 Å². The molecule has 0 fully saturated rings. The van der Waals surface area contributed by atoms with Gasteiger partial charge in [0.1, 0.15) is 0 Å². The van der Waals surface area contributed by atoms with Crippen molar-refractivity contribution < 1.29 is 13.9 Å². The van der Waals surface area contributed by atoms with Crippen LogP contribution >= 0.6 is 11.8 Å². The molecule has 0 spiro atoms. The molecule has 0 radical (unpaired) electrons. The van der Waals surface area contributed by atoms with Crippen LogP contribution in [-0.2, 0) is 0 Å². The zero-order valence-corrected chi connectivity index (χ0v) is 11.7.